The predicted octanol–water partition coefficient (Wildman–Crippen LogP) is 1.05. The van der Waals surface area contributed by atoms with Gasteiger partial charge in [-0.25, -0.2) is 13.1 Å². The SMILES string of the molecule is CCn1cc(S(=O)(=O)NCC2(SC)CCC2)c(N)n1. The number of thioether (sulfide) groups is 1. The van der Waals surface area contributed by atoms with Crippen molar-refractivity contribution in [2.45, 2.75) is 42.4 Å². The van der Waals surface area contributed by atoms with Crippen LogP contribution >= 0.6 is 11.8 Å². The zero-order valence-electron chi connectivity index (χ0n) is 11.2. The fourth-order valence-electron chi connectivity index (χ4n) is 2.12. The first-order valence-corrected chi connectivity index (χ1v) is 9.01. The van der Waals surface area contributed by atoms with Crippen LogP contribution in [-0.4, -0.2) is 35.7 Å². The van der Waals surface area contributed by atoms with Crippen LogP contribution < -0.4 is 10.5 Å². The van der Waals surface area contributed by atoms with Crippen LogP contribution in [0.3, 0.4) is 0 Å². The summed E-state index contributed by atoms with van der Waals surface area (Å²) in [6, 6.07) is 0. The zero-order valence-corrected chi connectivity index (χ0v) is 12.9. The molecule has 3 N–H and O–H groups in total. The molecule has 0 aliphatic heterocycles. The molecule has 0 spiro atoms. The Bertz CT molecular complexity index is 544. The van der Waals surface area contributed by atoms with Crippen molar-refractivity contribution in [3.05, 3.63) is 6.20 Å². The van der Waals surface area contributed by atoms with Gasteiger partial charge >= 0.3 is 0 Å². The van der Waals surface area contributed by atoms with Gasteiger partial charge in [-0.05, 0) is 26.0 Å². The number of sulfonamides is 1. The van der Waals surface area contributed by atoms with E-state index in [1.165, 1.54) is 17.3 Å². The van der Waals surface area contributed by atoms with Crippen LogP contribution in [0.1, 0.15) is 26.2 Å². The molecule has 1 heterocycles. The van der Waals surface area contributed by atoms with Gasteiger partial charge in [0, 0.05) is 24.0 Å². The summed E-state index contributed by atoms with van der Waals surface area (Å²) in [6.45, 7) is 2.93. The van der Waals surface area contributed by atoms with E-state index in [0.717, 1.165) is 12.8 Å². The lowest BCUT2D eigenvalue weighted by atomic mass is 9.84. The highest BCUT2D eigenvalue weighted by molar-refractivity contribution is 8.00. The van der Waals surface area contributed by atoms with E-state index in [1.54, 1.807) is 11.8 Å². The maximum Gasteiger partial charge on any atom is 0.245 e. The molecule has 0 aromatic carbocycles. The maximum atomic E-state index is 12.2. The second-order valence-electron chi connectivity index (χ2n) is 4.80. The molecule has 0 atom stereocenters. The molecule has 0 bridgehead atoms. The summed E-state index contributed by atoms with van der Waals surface area (Å²) in [5, 5.41) is 3.96. The van der Waals surface area contributed by atoms with Gasteiger partial charge in [-0.1, -0.05) is 6.42 Å². The number of nitrogen functional groups attached to an aromatic ring is 1. The summed E-state index contributed by atoms with van der Waals surface area (Å²) >= 11 is 1.73. The zero-order chi connectivity index (χ0) is 14.1. The van der Waals surface area contributed by atoms with E-state index in [1.807, 2.05) is 13.2 Å². The van der Waals surface area contributed by atoms with Gasteiger partial charge in [0.15, 0.2) is 5.82 Å². The number of aromatic nitrogens is 2. The highest BCUT2D eigenvalue weighted by Gasteiger charge is 2.37. The van der Waals surface area contributed by atoms with Crippen LogP contribution in [0.4, 0.5) is 5.82 Å². The third-order valence-corrected chi connectivity index (χ3v) is 6.49. The average Bonchev–Trinajstić information content (AvgIpc) is 2.70. The monoisotopic (exact) mass is 304 g/mol. The van der Waals surface area contributed by atoms with Gasteiger partial charge in [-0.3, -0.25) is 4.68 Å². The lowest BCUT2D eigenvalue weighted by Gasteiger charge is -2.40. The third-order valence-electron chi connectivity index (χ3n) is 3.65. The number of rotatable bonds is 6. The Morgan fingerprint density at radius 3 is 2.68 bits per heavy atom. The smallest absolute Gasteiger partial charge is 0.245 e. The fourth-order valence-corrected chi connectivity index (χ4v) is 4.32. The van der Waals surface area contributed by atoms with Crippen molar-refractivity contribution in [1.29, 1.82) is 0 Å². The number of aryl methyl sites for hydroxylation is 1. The second kappa shape index (κ2) is 5.34. The van der Waals surface area contributed by atoms with E-state index in [-0.39, 0.29) is 15.5 Å². The minimum absolute atomic E-state index is 0.0566. The van der Waals surface area contributed by atoms with E-state index < -0.39 is 10.0 Å². The van der Waals surface area contributed by atoms with Gasteiger partial charge in [0.2, 0.25) is 10.0 Å². The molecule has 1 aromatic heterocycles. The second-order valence-corrected chi connectivity index (χ2v) is 7.81. The predicted molar refractivity (Wildman–Crippen MR) is 77.6 cm³/mol. The van der Waals surface area contributed by atoms with E-state index in [2.05, 4.69) is 9.82 Å². The maximum absolute atomic E-state index is 12.2. The molecule has 1 fully saturated rings. The Balaban J connectivity index is 2.11. The van der Waals surface area contributed by atoms with Crippen LogP contribution in [0.2, 0.25) is 0 Å². The van der Waals surface area contributed by atoms with Crippen molar-refractivity contribution in [2.24, 2.45) is 0 Å². The minimum atomic E-state index is -3.57. The largest absolute Gasteiger partial charge is 0.381 e. The average molecular weight is 304 g/mol. The van der Waals surface area contributed by atoms with Crippen LogP contribution in [0.5, 0.6) is 0 Å². The van der Waals surface area contributed by atoms with Gasteiger partial charge in [0.05, 0.1) is 0 Å². The Kier molecular flexibility index (Phi) is 4.12. The first kappa shape index (κ1) is 14.7. The molecule has 8 heteroatoms. The molecule has 0 radical (unpaired) electrons. The van der Waals surface area contributed by atoms with Crippen molar-refractivity contribution < 1.29 is 8.42 Å². The number of nitrogens with zero attached hydrogens (tertiary/aromatic N) is 2. The number of hydrogen-bond acceptors (Lipinski definition) is 5. The molecule has 1 aromatic rings. The first-order chi connectivity index (χ1) is 8.92. The number of hydrogen-bond donors (Lipinski definition) is 2. The van der Waals surface area contributed by atoms with Crippen molar-refractivity contribution in [3.8, 4) is 0 Å². The normalized spacial score (nSPS) is 18.2. The van der Waals surface area contributed by atoms with Gasteiger partial charge in [-0.2, -0.15) is 16.9 Å². The molecule has 2 rings (SSSR count). The summed E-state index contributed by atoms with van der Waals surface area (Å²) in [5.41, 5.74) is 5.67. The molecule has 1 aliphatic rings. The van der Waals surface area contributed by atoms with Crippen LogP contribution in [0.25, 0.3) is 0 Å². The van der Waals surface area contributed by atoms with E-state index in [9.17, 15) is 8.42 Å². The van der Waals surface area contributed by atoms with Crippen LogP contribution in [0.15, 0.2) is 11.1 Å². The van der Waals surface area contributed by atoms with Crippen molar-refractivity contribution in [3.63, 3.8) is 0 Å². The molecule has 1 aliphatic carbocycles. The molecular weight excluding hydrogens is 284 g/mol. The highest BCUT2D eigenvalue weighted by atomic mass is 32.2. The number of anilines is 1. The van der Waals surface area contributed by atoms with Gasteiger partial charge < -0.3 is 5.73 Å². The molecule has 108 valence electrons. The minimum Gasteiger partial charge on any atom is -0.381 e. The Labute approximate surface area is 118 Å². The molecule has 0 unspecified atom stereocenters. The summed E-state index contributed by atoms with van der Waals surface area (Å²) < 4.78 is 28.7. The lowest BCUT2D eigenvalue weighted by Crippen LogP contribution is -2.45. The first-order valence-electron chi connectivity index (χ1n) is 6.30. The molecule has 0 amide bonds. The number of nitrogens with two attached hydrogens (primary N) is 1. The fraction of sp³-hybridized carbons (Fsp3) is 0.727. The summed E-state index contributed by atoms with van der Waals surface area (Å²) in [5.74, 6) is 0.0566. The molecule has 0 saturated heterocycles. The molecular formula is C11H20N4O2S2. The van der Waals surface area contributed by atoms with Gasteiger partial charge in [-0.15, -0.1) is 0 Å². The summed E-state index contributed by atoms with van der Waals surface area (Å²) in [6.07, 6.45) is 6.78. The van der Waals surface area contributed by atoms with E-state index in [0.29, 0.717) is 13.1 Å². The van der Waals surface area contributed by atoms with E-state index >= 15 is 0 Å². The molecule has 1 saturated carbocycles. The lowest BCUT2D eigenvalue weighted by molar-refractivity contribution is 0.362. The van der Waals surface area contributed by atoms with Crippen molar-refractivity contribution in [1.82, 2.24) is 14.5 Å². The third kappa shape index (κ3) is 2.90. The Morgan fingerprint density at radius 1 is 1.58 bits per heavy atom. The van der Waals surface area contributed by atoms with Gasteiger partial charge in [0.25, 0.3) is 0 Å². The van der Waals surface area contributed by atoms with Crippen molar-refractivity contribution >= 4 is 27.6 Å². The highest BCUT2D eigenvalue weighted by Crippen LogP contribution is 2.42. The summed E-state index contributed by atoms with van der Waals surface area (Å²) in [7, 11) is -3.57. The summed E-state index contributed by atoms with van der Waals surface area (Å²) in [4.78, 5) is 0.0740. The topological polar surface area (TPSA) is 90.0 Å². The van der Waals surface area contributed by atoms with E-state index in [4.69, 9.17) is 5.73 Å². The molecule has 19 heavy (non-hydrogen) atoms. The standard InChI is InChI=1S/C11H20N4O2S2/c1-3-15-7-9(10(12)14-15)19(16,17)13-8-11(18-2)5-4-6-11/h7,13H,3-6,8H2,1-2H3,(H2,12,14). The van der Waals surface area contributed by atoms with Gasteiger partial charge in [0.1, 0.15) is 4.90 Å². The Morgan fingerprint density at radius 2 is 2.26 bits per heavy atom. The van der Waals surface area contributed by atoms with Crippen LogP contribution in [0, 0.1) is 0 Å². The molecule has 6 nitrogen and oxygen atoms in total. The van der Waals surface area contributed by atoms with Crippen molar-refractivity contribution in [2.75, 3.05) is 18.5 Å². The van der Waals surface area contributed by atoms with Crippen LogP contribution in [-0.2, 0) is 16.6 Å². The Hall–Kier alpha value is -0.730. The number of nitrogens with one attached hydrogen (secondary N) is 1. The quantitative estimate of drug-likeness (QED) is 0.820.